The van der Waals surface area contributed by atoms with Crippen LogP contribution in [-0.4, -0.2) is 17.1 Å². The predicted molar refractivity (Wildman–Crippen MR) is 89.2 cm³/mol. The lowest BCUT2D eigenvalue weighted by atomic mass is 10.1. The van der Waals surface area contributed by atoms with E-state index in [0.717, 1.165) is 33.5 Å². The molecule has 23 heavy (non-hydrogen) atoms. The summed E-state index contributed by atoms with van der Waals surface area (Å²) >= 11 is 0. The minimum absolute atomic E-state index is 0.583. The quantitative estimate of drug-likeness (QED) is 0.556. The van der Waals surface area contributed by atoms with Crippen LogP contribution in [0.2, 0.25) is 0 Å². The van der Waals surface area contributed by atoms with Crippen LogP contribution in [0.5, 0.6) is 5.75 Å². The molecule has 2 aromatic heterocycles. The standard InChI is InChI=1S/C19H14N2O2/c1-22-16-7-4-13(5-8-16)14-6-9-18-17(11-14)21-19(23-18)15-3-2-10-20-12-15/h2-12H,1H3. The molecule has 0 aliphatic rings. The van der Waals surface area contributed by atoms with Gasteiger partial charge in [-0.2, -0.15) is 0 Å². The first-order valence-corrected chi connectivity index (χ1v) is 7.29. The normalized spacial score (nSPS) is 10.8. The molecule has 4 heteroatoms. The Balaban J connectivity index is 1.75. The summed E-state index contributed by atoms with van der Waals surface area (Å²) in [5.74, 6) is 1.43. The van der Waals surface area contributed by atoms with E-state index in [4.69, 9.17) is 9.15 Å². The zero-order chi connectivity index (χ0) is 15.6. The molecule has 0 aliphatic heterocycles. The van der Waals surface area contributed by atoms with Gasteiger partial charge in [0.1, 0.15) is 11.3 Å². The van der Waals surface area contributed by atoms with E-state index in [1.807, 2.05) is 54.6 Å². The van der Waals surface area contributed by atoms with Crippen LogP contribution in [0.4, 0.5) is 0 Å². The highest BCUT2D eigenvalue weighted by molar-refractivity contribution is 5.82. The van der Waals surface area contributed by atoms with Crippen molar-refractivity contribution in [3.05, 3.63) is 67.0 Å². The number of methoxy groups -OCH3 is 1. The van der Waals surface area contributed by atoms with Crippen molar-refractivity contribution in [1.29, 1.82) is 0 Å². The van der Waals surface area contributed by atoms with Crippen LogP contribution in [0.15, 0.2) is 71.4 Å². The number of aromatic nitrogens is 2. The first-order chi connectivity index (χ1) is 11.3. The first kappa shape index (κ1) is 13.5. The van der Waals surface area contributed by atoms with Crippen molar-refractivity contribution in [2.24, 2.45) is 0 Å². The van der Waals surface area contributed by atoms with Crippen molar-refractivity contribution >= 4 is 11.1 Å². The van der Waals surface area contributed by atoms with Crippen LogP contribution >= 0.6 is 0 Å². The Morgan fingerprint density at radius 2 is 1.74 bits per heavy atom. The number of pyridine rings is 1. The van der Waals surface area contributed by atoms with E-state index in [1.165, 1.54) is 0 Å². The van der Waals surface area contributed by atoms with Crippen molar-refractivity contribution < 1.29 is 9.15 Å². The van der Waals surface area contributed by atoms with Crippen molar-refractivity contribution in [1.82, 2.24) is 9.97 Å². The van der Waals surface area contributed by atoms with Gasteiger partial charge in [0, 0.05) is 12.4 Å². The average molecular weight is 302 g/mol. The molecule has 0 aliphatic carbocycles. The average Bonchev–Trinajstić information content (AvgIpc) is 3.06. The highest BCUT2D eigenvalue weighted by Crippen LogP contribution is 2.28. The number of oxazole rings is 1. The molecule has 0 atom stereocenters. The van der Waals surface area contributed by atoms with E-state index < -0.39 is 0 Å². The Labute approximate surface area is 133 Å². The third-order valence-corrected chi connectivity index (χ3v) is 3.72. The largest absolute Gasteiger partial charge is 0.497 e. The maximum atomic E-state index is 5.81. The van der Waals surface area contributed by atoms with Crippen LogP contribution < -0.4 is 4.74 Å². The molecule has 0 radical (unpaired) electrons. The van der Waals surface area contributed by atoms with Gasteiger partial charge in [-0.15, -0.1) is 0 Å². The van der Waals surface area contributed by atoms with Crippen LogP contribution in [0.3, 0.4) is 0 Å². The summed E-state index contributed by atoms with van der Waals surface area (Å²) in [5, 5.41) is 0. The number of rotatable bonds is 3. The van der Waals surface area contributed by atoms with Gasteiger partial charge in [0.15, 0.2) is 5.58 Å². The van der Waals surface area contributed by atoms with Crippen molar-refractivity contribution in [3.63, 3.8) is 0 Å². The van der Waals surface area contributed by atoms with Gasteiger partial charge in [0.25, 0.3) is 0 Å². The molecule has 0 fully saturated rings. The molecule has 2 aromatic carbocycles. The number of benzene rings is 2. The second-order valence-electron chi connectivity index (χ2n) is 5.17. The topological polar surface area (TPSA) is 48.2 Å². The monoisotopic (exact) mass is 302 g/mol. The first-order valence-electron chi connectivity index (χ1n) is 7.29. The van der Waals surface area contributed by atoms with Crippen LogP contribution in [0.1, 0.15) is 0 Å². The lowest BCUT2D eigenvalue weighted by molar-refractivity contribution is 0.415. The van der Waals surface area contributed by atoms with Gasteiger partial charge in [0.2, 0.25) is 5.89 Å². The van der Waals surface area contributed by atoms with Crippen LogP contribution in [-0.2, 0) is 0 Å². The molecule has 112 valence electrons. The van der Waals surface area contributed by atoms with Gasteiger partial charge in [-0.25, -0.2) is 4.98 Å². The van der Waals surface area contributed by atoms with Crippen LogP contribution in [0.25, 0.3) is 33.7 Å². The second-order valence-corrected chi connectivity index (χ2v) is 5.17. The maximum absolute atomic E-state index is 5.81. The number of hydrogen-bond acceptors (Lipinski definition) is 4. The SMILES string of the molecule is COc1ccc(-c2ccc3oc(-c4cccnc4)nc3c2)cc1. The summed E-state index contributed by atoms with van der Waals surface area (Å²) in [7, 11) is 1.66. The number of ether oxygens (including phenoxy) is 1. The zero-order valence-corrected chi connectivity index (χ0v) is 12.6. The summed E-state index contributed by atoms with van der Waals surface area (Å²) in [6.07, 6.45) is 3.48. The lowest BCUT2D eigenvalue weighted by Crippen LogP contribution is -1.83. The Hall–Kier alpha value is -3.14. The lowest BCUT2D eigenvalue weighted by Gasteiger charge is -2.03. The van der Waals surface area contributed by atoms with Crippen molar-refractivity contribution in [2.75, 3.05) is 7.11 Å². The Bertz CT molecular complexity index is 944. The highest BCUT2D eigenvalue weighted by Gasteiger charge is 2.09. The molecule has 0 saturated carbocycles. The fourth-order valence-electron chi connectivity index (χ4n) is 2.50. The molecular weight excluding hydrogens is 288 g/mol. The van der Waals surface area contributed by atoms with E-state index >= 15 is 0 Å². The Morgan fingerprint density at radius 3 is 2.48 bits per heavy atom. The van der Waals surface area contributed by atoms with E-state index in [1.54, 1.807) is 19.5 Å². The number of hydrogen-bond donors (Lipinski definition) is 0. The molecule has 0 unspecified atom stereocenters. The summed E-state index contributed by atoms with van der Waals surface area (Å²) < 4.78 is 11.0. The summed E-state index contributed by atoms with van der Waals surface area (Å²) in [6, 6.07) is 17.8. The van der Waals surface area contributed by atoms with E-state index in [2.05, 4.69) is 9.97 Å². The van der Waals surface area contributed by atoms with Gasteiger partial charge in [-0.05, 0) is 47.5 Å². The van der Waals surface area contributed by atoms with Gasteiger partial charge in [-0.1, -0.05) is 18.2 Å². The summed E-state index contributed by atoms with van der Waals surface area (Å²) in [6.45, 7) is 0. The van der Waals surface area contributed by atoms with E-state index in [9.17, 15) is 0 Å². The number of fused-ring (bicyclic) bond motifs is 1. The maximum Gasteiger partial charge on any atom is 0.228 e. The van der Waals surface area contributed by atoms with E-state index in [0.29, 0.717) is 5.89 Å². The number of nitrogens with zero attached hydrogens (tertiary/aromatic N) is 2. The fraction of sp³-hybridized carbons (Fsp3) is 0.0526. The van der Waals surface area contributed by atoms with Gasteiger partial charge in [-0.3, -0.25) is 4.98 Å². The smallest absolute Gasteiger partial charge is 0.228 e. The van der Waals surface area contributed by atoms with Gasteiger partial charge in [0.05, 0.1) is 12.7 Å². The fourth-order valence-corrected chi connectivity index (χ4v) is 2.50. The Morgan fingerprint density at radius 1 is 0.913 bits per heavy atom. The van der Waals surface area contributed by atoms with Crippen molar-refractivity contribution in [2.45, 2.75) is 0 Å². The molecule has 4 nitrogen and oxygen atoms in total. The molecule has 2 heterocycles. The van der Waals surface area contributed by atoms with Gasteiger partial charge < -0.3 is 9.15 Å². The highest BCUT2D eigenvalue weighted by atomic mass is 16.5. The Kier molecular flexibility index (Phi) is 3.27. The van der Waals surface area contributed by atoms with Crippen molar-refractivity contribution in [3.8, 4) is 28.3 Å². The molecule has 0 N–H and O–H groups in total. The molecule has 4 rings (SSSR count). The minimum atomic E-state index is 0.583. The van der Waals surface area contributed by atoms with Gasteiger partial charge >= 0.3 is 0 Å². The molecule has 4 aromatic rings. The predicted octanol–water partition coefficient (Wildman–Crippen LogP) is 4.57. The molecule has 0 amide bonds. The third kappa shape index (κ3) is 2.55. The zero-order valence-electron chi connectivity index (χ0n) is 12.6. The summed E-state index contributed by atoms with van der Waals surface area (Å²) in [4.78, 5) is 8.67. The van der Waals surface area contributed by atoms with Crippen LogP contribution in [0, 0.1) is 0 Å². The summed E-state index contributed by atoms with van der Waals surface area (Å²) in [5.41, 5.74) is 4.66. The minimum Gasteiger partial charge on any atom is -0.497 e. The second kappa shape index (κ2) is 5.57. The molecule has 0 spiro atoms. The van der Waals surface area contributed by atoms with E-state index in [-0.39, 0.29) is 0 Å². The molecular formula is C19H14N2O2. The molecule has 0 saturated heterocycles. The molecule has 0 bridgehead atoms. The third-order valence-electron chi connectivity index (χ3n) is 3.72.